The lowest BCUT2D eigenvalue weighted by molar-refractivity contribution is 0.112. The van der Waals surface area contributed by atoms with Crippen LogP contribution in [0.4, 0.5) is 0 Å². The Hall–Kier alpha value is -0.0400. The summed E-state index contributed by atoms with van der Waals surface area (Å²) in [6, 6.07) is 0. The molecule has 0 heterocycles. The Morgan fingerprint density at radius 1 is 1.13 bits per heavy atom. The Balaban J connectivity index is 1.89. The summed E-state index contributed by atoms with van der Waals surface area (Å²) in [6.07, 6.45) is 10.3. The van der Waals surface area contributed by atoms with Crippen LogP contribution in [0.15, 0.2) is 0 Å². The summed E-state index contributed by atoms with van der Waals surface area (Å²) in [7, 11) is 2.06. The van der Waals surface area contributed by atoms with E-state index >= 15 is 0 Å². The normalized spacial score (nSPS) is 37.4. The lowest BCUT2D eigenvalue weighted by Crippen LogP contribution is -2.30. The van der Waals surface area contributed by atoms with Gasteiger partial charge in [-0.05, 0) is 68.9 Å². The highest BCUT2D eigenvalue weighted by Crippen LogP contribution is 2.67. The zero-order valence-corrected chi connectivity index (χ0v) is 10.7. The summed E-state index contributed by atoms with van der Waals surface area (Å²) in [5, 5.41) is 3.25. The SMILES string of the molecule is CNCCCCC12CCC(CC1)C2(C)C. The molecule has 2 bridgehead atoms. The molecule has 0 spiro atoms. The van der Waals surface area contributed by atoms with Gasteiger partial charge in [0.1, 0.15) is 0 Å². The van der Waals surface area contributed by atoms with Gasteiger partial charge in [-0.1, -0.05) is 20.3 Å². The van der Waals surface area contributed by atoms with Crippen LogP contribution in [0.1, 0.15) is 58.8 Å². The average Bonchev–Trinajstić information content (AvgIpc) is 2.61. The topological polar surface area (TPSA) is 12.0 Å². The lowest BCUT2D eigenvalue weighted by Gasteiger charge is -2.38. The standard InChI is InChI=1S/C14H27N/c1-13(2)12-6-9-14(13,10-7-12)8-4-5-11-15-3/h12,15H,4-11H2,1-3H3. The second-order valence-corrected chi connectivity index (χ2v) is 6.34. The van der Waals surface area contributed by atoms with E-state index in [1.54, 1.807) is 0 Å². The zero-order valence-electron chi connectivity index (χ0n) is 10.7. The van der Waals surface area contributed by atoms with Gasteiger partial charge in [0.05, 0.1) is 0 Å². The van der Waals surface area contributed by atoms with Crippen molar-refractivity contribution < 1.29 is 0 Å². The Labute approximate surface area is 95.0 Å². The van der Waals surface area contributed by atoms with Crippen LogP contribution in [0.5, 0.6) is 0 Å². The molecule has 0 radical (unpaired) electrons. The van der Waals surface area contributed by atoms with Crippen LogP contribution in [0.2, 0.25) is 0 Å². The number of hydrogen-bond donors (Lipinski definition) is 1. The minimum atomic E-state index is 0.645. The number of fused-ring (bicyclic) bond motifs is 2. The average molecular weight is 209 g/mol. The van der Waals surface area contributed by atoms with E-state index in [1.165, 1.54) is 51.5 Å². The van der Waals surface area contributed by atoms with Gasteiger partial charge in [-0.2, -0.15) is 0 Å². The third kappa shape index (κ3) is 1.73. The number of unbranched alkanes of at least 4 members (excludes halogenated alkanes) is 1. The largest absolute Gasteiger partial charge is 0.320 e. The van der Waals surface area contributed by atoms with Gasteiger partial charge in [-0.3, -0.25) is 0 Å². The monoisotopic (exact) mass is 209 g/mol. The van der Waals surface area contributed by atoms with Gasteiger partial charge in [0.25, 0.3) is 0 Å². The molecule has 2 rings (SSSR count). The van der Waals surface area contributed by atoms with Crippen molar-refractivity contribution in [1.29, 1.82) is 0 Å². The molecule has 0 aromatic heterocycles. The lowest BCUT2D eigenvalue weighted by atomic mass is 9.67. The van der Waals surface area contributed by atoms with E-state index in [1.807, 2.05) is 0 Å². The number of hydrogen-bond acceptors (Lipinski definition) is 1. The number of nitrogens with one attached hydrogen (secondary N) is 1. The van der Waals surface area contributed by atoms with Crippen molar-refractivity contribution in [1.82, 2.24) is 5.32 Å². The second-order valence-electron chi connectivity index (χ2n) is 6.34. The van der Waals surface area contributed by atoms with E-state index < -0.39 is 0 Å². The van der Waals surface area contributed by atoms with Crippen LogP contribution in [0.25, 0.3) is 0 Å². The fraction of sp³-hybridized carbons (Fsp3) is 1.00. The smallest absolute Gasteiger partial charge is 0.00519 e. The Morgan fingerprint density at radius 3 is 2.27 bits per heavy atom. The summed E-state index contributed by atoms with van der Waals surface area (Å²) >= 11 is 0. The molecule has 0 aromatic rings. The maximum absolute atomic E-state index is 3.25. The van der Waals surface area contributed by atoms with Gasteiger partial charge < -0.3 is 5.32 Å². The third-order valence-electron chi connectivity index (χ3n) is 5.66. The van der Waals surface area contributed by atoms with Crippen LogP contribution in [-0.4, -0.2) is 13.6 Å². The first-order valence-electron chi connectivity index (χ1n) is 6.77. The third-order valence-corrected chi connectivity index (χ3v) is 5.66. The summed E-state index contributed by atoms with van der Waals surface area (Å²) in [5.41, 5.74) is 1.37. The second kappa shape index (κ2) is 4.08. The van der Waals surface area contributed by atoms with E-state index in [2.05, 4.69) is 26.2 Å². The molecule has 0 unspecified atom stereocenters. The summed E-state index contributed by atoms with van der Waals surface area (Å²) in [6.45, 7) is 6.27. The molecule has 0 amide bonds. The van der Waals surface area contributed by atoms with Crippen molar-refractivity contribution in [3.63, 3.8) is 0 Å². The first-order chi connectivity index (χ1) is 7.12. The van der Waals surface area contributed by atoms with Gasteiger partial charge in [0, 0.05) is 0 Å². The van der Waals surface area contributed by atoms with Crippen molar-refractivity contribution in [2.45, 2.75) is 58.8 Å². The van der Waals surface area contributed by atoms with Crippen LogP contribution in [0.3, 0.4) is 0 Å². The molecule has 2 aliphatic rings. The van der Waals surface area contributed by atoms with Gasteiger partial charge in [0.15, 0.2) is 0 Å². The molecule has 2 saturated carbocycles. The molecule has 0 atom stereocenters. The fourth-order valence-corrected chi connectivity index (χ4v) is 4.31. The summed E-state index contributed by atoms with van der Waals surface area (Å²) in [4.78, 5) is 0. The highest BCUT2D eigenvalue weighted by Gasteiger charge is 2.57. The Kier molecular flexibility index (Phi) is 3.12. The molecule has 0 aliphatic heterocycles. The minimum absolute atomic E-state index is 0.645. The summed E-state index contributed by atoms with van der Waals surface area (Å²) in [5.74, 6) is 1.04. The molecule has 1 N–H and O–H groups in total. The van der Waals surface area contributed by atoms with E-state index in [0.717, 1.165) is 11.3 Å². The van der Waals surface area contributed by atoms with Crippen molar-refractivity contribution in [3.05, 3.63) is 0 Å². The number of rotatable bonds is 5. The molecule has 2 fully saturated rings. The first kappa shape index (κ1) is 11.4. The maximum atomic E-state index is 3.25. The molecular weight excluding hydrogens is 182 g/mol. The van der Waals surface area contributed by atoms with E-state index in [-0.39, 0.29) is 0 Å². The Bertz CT molecular complexity index is 211. The van der Waals surface area contributed by atoms with Gasteiger partial charge in [0.2, 0.25) is 0 Å². The Morgan fingerprint density at radius 2 is 1.80 bits per heavy atom. The van der Waals surface area contributed by atoms with Crippen molar-refractivity contribution >= 4 is 0 Å². The molecule has 0 saturated heterocycles. The van der Waals surface area contributed by atoms with Crippen molar-refractivity contribution in [2.75, 3.05) is 13.6 Å². The first-order valence-corrected chi connectivity index (χ1v) is 6.77. The molecule has 1 heteroatoms. The quantitative estimate of drug-likeness (QED) is 0.682. The molecule has 15 heavy (non-hydrogen) atoms. The molecule has 0 aromatic carbocycles. The fourth-order valence-electron chi connectivity index (χ4n) is 4.31. The molecule has 1 nitrogen and oxygen atoms in total. The van der Waals surface area contributed by atoms with Gasteiger partial charge in [-0.15, -0.1) is 0 Å². The highest BCUT2D eigenvalue weighted by atomic mass is 14.8. The van der Waals surface area contributed by atoms with E-state index in [4.69, 9.17) is 0 Å². The summed E-state index contributed by atoms with van der Waals surface area (Å²) < 4.78 is 0. The molecule has 88 valence electrons. The van der Waals surface area contributed by atoms with Gasteiger partial charge >= 0.3 is 0 Å². The van der Waals surface area contributed by atoms with Gasteiger partial charge in [-0.25, -0.2) is 0 Å². The molecule has 2 aliphatic carbocycles. The van der Waals surface area contributed by atoms with E-state index in [0.29, 0.717) is 5.41 Å². The molecular formula is C14H27N. The highest BCUT2D eigenvalue weighted by molar-refractivity contribution is 5.07. The maximum Gasteiger partial charge on any atom is -0.00519 e. The van der Waals surface area contributed by atoms with Crippen LogP contribution in [-0.2, 0) is 0 Å². The van der Waals surface area contributed by atoms with Crippen molar-refractivity contribution in [3.8, 4) is 0 Å². The predicted molar refractivity (Wildman–Crippen MR) is 65.9 cm³/mol. The van der Waals surface area contributed by atoms with Crippen molar-refractivity contribution in [2.24, 2.45) is 16.7 Å². The minimum Gasteiger partial charge on any atom is -0.320 e. The zero-order chi connectivity index (χ0) is 10.9. The van der Waals surface area contributed by atoms with Crippen LogP contribution in [0, 0.1) is 16.7 Å². The van der Waals surface area contributed by atoms with Crippen LogP contribution >= 0.6 is 0 Å². The van der Waals surface area contributed by atoms with Crippen LogP contribution < -0.4 is 5.32 Å². The predicted octanol–water partition coefficient (Wildman–Crippen LogP) is 3.59. The van der Waals surface area contributed by atoms with E-state index in [9.17, 15) is 0 Å².